The summed E-state index contributed by atoms with van der Waals surface area (Å²) in [6, 6.07) is 23.4. The highest BCUT2D eigenvalue weighted by atomic mass is 16.5. The van der Waals surface area contributed by atoms with Crippen LogP contribution in [0.15, 0.2) is 72.8 Å². The molecule has 2 unspecified atom stereocenters. The summed E-state index contributed by atoms with van der Waals surface area (Å²) in [6.45, 7) is 2.82. The average Bonchev–Trinajstić information content (AvgIpc) is 3.41. The minimum absolute atomic E-state index is 0.0292. The van der Waals surface area contributed by atoms with Crippen LogP contribution in [0.3, 0.4) is 0 Å². The molecule has 2 amide bonds. The van der Waals surface area contributed by atoms with Crippen molar-refractivity contribution in [1.29, 1.82) is 0 Å². The van der Waals surface area contributed by atoms with Crippen LogP contribution in [0.4, 0.5) is 0 Å². The predicted octanol–water partition coefficient (Wildman–Crippen LogP) is 4.53. The first-order valence-corrected chi connectivity index (χ1v) is 14.7. The number of aromatic amines is 1. The van der Waals surface area contributed by atoms with Gasteiger partial charge in [0.2, 0.25) is 11.8 Å². The number of fused-ring (bicyclic) bond motifs is 4. The molecule has 8 heteroatoms. The third-order valence-electron chi connectivity index (χ3n) is 9.28. The number of nitrogens with one attached hydrogen (secondary N) is 1. The van der Waals surface area contributed by atoms with E-state index in [4.69, 9.17) is 9.47 Å². The minimum Gasteiger partial charge on any atom is -0.497 e. The lowest BCUT2D eigenvalue weighted by Gasteiger charge is -2.49. The SMILES string of the molecule is COc1ccc(C2c3[nH]c4ccccc4c3CC3C(=O)N(C4CCN(Cc5ccccc5)CC4)CC(=O)N32)c(OC)c1. The lowest BCUT2D eigenvalue weighted by Crippen LogP contribution is -2.65. The Morgan fingerprint density at radius 3 is 2.43 bits per heavy atom. The molecule has 1 aromatic heterocycles. The molecule has 0 saturated carbocycles. The summed E-state index contributed by atoms with van der Waals surface area (Å²) in [6.07, 6.45) is 2.22. The summed E-state index contributed by atoms with van der Waals surface area (Å²) in [5.41, 5.74) is 5.17. The van der Waals surface area contributed by atoms with E-state index < -0.39 is 12.1 Å². The van der Waals surface area contributed by atoms with Gasteiger partial charge in [-0.2, -0.15) is 0 Å². The minimum atomic E-state index is -0.572. The molecule has 216 valence electrons. The standard InChI is InChI=1S/C34H36N4O4/c1-41-24-12-13-26(30(18-24)42-2)33-32-27(25-10-6-7-11-28(25)35-32)19-29-34(40)37(21-31(39)38(29)33)23-14-16-36(17-15-23)20-22-8-4-3-5-9-22/h3-13,18,23,29,33,35H,14-17,19-21H2,1-2H3. The van der Waals surface area contributed by atoms with Crippen molar-refractivity contribution in [2.45, 2.75) is 43.9 Å². The Kier molecular flexibility index (Phi) is 6.86. The second kappa shape index (κ2) is 10.8. The van der Waals surface area contributed by atoms with Crippen LogP contribution in [-0.2, 0) is 22.6 Å². The highest BCUT2D eigenvalue weighted by Gasteiger charge is 2.50. The fraction of sp³-hybridized carbons (Fsp3) is 0.353. The Hall–Kier alpha value is -4.30. The van der Waals surface area contributed by atoms with Gasteiger partial charge in [0.05, 0.1) is 14.2 Å². The largest absolute Gasteiger partial charge is 0.497 e. The maximum Gasteiger partial charge on any atom is 0.246 e. The predicted molar refractivity (Wildman–Crippen MR) is 160 cm³/mol. The lowest BCUT2D eigenvalue weighted by molar-refractivity contribution is -0.161. The Morgan fingerprint density at radius 1 is 0.905 bits per heavy atom. The molecule has 4 heterocycles. The van der Waals surface area contributed by atoms with Gasteiger partial charge in [-0.3, -0.25) is 14.5 Å². The summed E-state index contributed by atoms with van der Waals surface area (Å²) < 4.78 is 11.3. The number of benzene rings is 3. The maximum atomic E-state index is 14.3. The molecule has 0 spiro atoms. The third-order valence-corrected chi connectivity index (χ3v) is 9.28. The number of hydrogen-bond donors (Lipinski definition) is 1. The molecule has 42 heavy (non-hydrogen) atoms. The summed E-state index contributed by atoms with van der Waals surface area (Å²) in [5, 5.41) is 1.09. The normalized spacial score (nSPS) is 21.4. The molecule has 0 bridgehead atoms. The maximum absolute atomic E-state index is 14.3. The van der Waals surface area contributed by atoms with Crippen LogP contribution in [-0.4, -0.2) is 77.4 Å². The molecule has 2 saturated heterocycles. The van der Waals surface area contributed by atoms with Crippen molar-refractivity contribution in [3.05, 3.63) is 95.2 Å². The Labute approximate surface area is 245 Å². The Bertz CT molecular complexity index is 1630. The number of piperazine rings is 1. The van der Waals surface area contributed by atoms with Crippen LogP contribution in [0.25, 0.3) is 10.9 Å². The number of H-pyrrole nitrogens is 1. The van der Waals surface area contributed by atoms with Gasteiger partial charge in [0.1, 0.15) is 30.1 Å². The van der Waals surface area contributed by atoms with Gasteiger partial charge in [0.25, 0.3) is 0 Å². The van der Waals surface area contributed by atoms with Crippen molar-refractivity contribution in [3.63, 3.8) is 0 Å². The first kappa shape index (κ1) is 26.6. The van der Waals surface area contributed by atoms with Crippen molar-refractivity contribution < 1.29 is 19.1 Å². The monoisotopic (exact) mass is 564 g/mol. The van der Waals surface area contributed by atoms with E-state index in [0.29, 0.717) is 17.9 Å². The number of piperidine rings is 1. The third kappa shape index (κ3) is 4.50. The van der Waals surface area contributed by atoms with E-state index in [0.717, 1.165) is 60.2 Å². The first-order chi connectivity index (χ1) is 20.6. The molecule has 0 radical (unpaired) electrons. The van der Waals surface area contributed by atoms with Gasteiger partial charge in [-0.1, -0.05) is 48.5 Å². The van der Waals surface area contributed by atoms with Crippen molar-refractivity contribution in [3.8, 4) is 11.5 Å². The van der Waals surface area contributed by atoms with Gasteiger partial charge in [0, 0.05) is 60.3 Å². The second-order valence-electron chi connectivity index (χ2n) is 11.6. The van der Waals surface area contributed by atoms with E-state index in [9.17, 15) is 9.59 Å². The second-order valence-corrected chi connectivity index (χ2v) is 11.6. The molecule has 3 aliphatic heterocycles. The molecule has 7 rings (SSSR count). The summed E-state index contributed by atoms with van der Waals surface area (Å²) in [5.74, 6) is 1.31. The smallest absolute Gasteiger partial charge is 0.246 e. The van der Waals surface area contributed by atoms with Crippen LogP contribution in [0.5, 0.6) is 11.5 Å². The molecule has 2 atom stereocenters. The number of methoxy groups -OCH3 is 2. The molecular weight excluding hydrogens is 528 g/mol. The molecule has 4 aromatic rings. The van der Waals surface area contributed by atoms with E-state index in [1.807, 2.05) is 52.3 Å². The highest BCUT2D eigenvalue weighted by Crippen LogP contribution is 2.46. The molecule has 3 aromatic carbocycles. The van der Waals surface area contributed by atoms with Crippen LogP contribution < -0.4 is 9.47 Å². The fourth-order valence-electron chi connectivity index (χ4n) is 7.20. The number of nitrogens with zero attached hydrogens (tertiary/aromatic N) is 3. The zero-order valence-electron chi connectivity index (χ0n) is 24.1. The lowest BCUT2D eigenvalue weighted by atomic mass is 9.85. The van der Waals surface area contributed by atoms with E-state index >= 15 is 0 Å². The number of aromatic nitrogens is 1. The van der Waals surface area contributed by atoms with Gasteiger partial charge in [-0.15, -0.1) is 0 Å². The molecule has 3 aliphatic rings. The van der Waals surface area contributed by atoms with Gasteiger partial charge in [-0.05, 0) is 42.2 Å². The zero-order chi connectivity index (χ0) is 28.8. The van der Waals surface area contributed by atoms with E-state index in [2.05, 4.69) is 40.2 Å². The quantitative estimate of drug-likeness (QED) is 0.372. The fourth-order valence-corrected chi connectivity index (χ4v) is 7.20. The highest BCUT2D eigenvalue weighted by molar-refractivity contribution is 5.98. The van der Waals surface area contributed by atoms with Gasteiger partial charge < -0.3 is 24.3 Å². The number of carbonyl (C=O) groups excluding carboxylic acids is 2. The average molecular weight is 565 g/mol. The Morgan fingerprint density at radius 2 is 1.67 bits per heavy atom. The van der Waals surface area contributed by atoms with E-state index in [1.54, 1.807) is 14.2 Å². The summed E-state index contributed by atoms with van der Waals surface area (Å²) >= 11 is 0. The van der Waals surface area contributed by atoms with Gasteiger partial charge in [-0.25, -0.2) is 0 Å². The molecule has 0 aliphatic carbocycles. The number of ether oxygens (including phenoxy) is 2. The van der Waals surface area contributed by atoms with Crippen LogP contribution in [0.2, 0.25) is 0 Å². The number of hydrogen-bond acceptors (Lipinski definition) is 5. The molecular formula is C34H36N4O4. The number of carbonyl (C=O) groups is 2. The number of para-hydroxylation sites is 1. The molecule has 2 fully saturated rings. The molecule has 8 nitrogen and oxygen atoms in total. The van der Waals surface area contributed by atoms with Crippen molar-refractivity contribution >= 4 is 22.7 Å². The van der Waals surface area contributed by atoms with Crippen LogP contribution in [0.1, 0.15) is 41.3 Å². The van der Waals surface area contributed by atoms with Crippen LogP contribution in [0, 0.1) is 0 Å². The topological polar surface area (TPSA) is 78.1 Å². The first-order valence-electron chi connectivity index (χ1n) is 14.7. The van der Waals surface area contributed by atoms with Gasteiger partial charge in [0.15, 0.2) is 0 Å². The van der Waals surface area contributed by atoms with Crippen molar-refractivity contribution in [2.24, 2.45) is 0 Å². The van der Waals surface area contributed by atoms with Gasteiger partial charge >= 0.3 is 0 Å². The Balaban J connectivity index is 1.21. The summed E-state index contributed by atoms with van der Waals surface area (Å²) in [7, 11) is 3.24. The van der Waals surface area contributed by atoms with Crippen molar-refractivity contribution in [1.82, 2.24) is 19.7 Å². The zero-order valence-corrected chi connectivity index (χ0v) is 24.1. The number of likely N-dealkylation sites (tertiary alicyclic amines) is 1. The van der Waals surface area contributed by atoms with Crippen LogP contribution >= 0.6 is 0 Å². The van der Waals surface area contributed by atoms with Crippen molar-refractivity contribution in [2.75, 3.05) is 33.9 Å². The van der Waals surface area contributed by atoms with E-state index in [1.165, 1.54) is 5.56 Å². The van der Waals surface area contributed by atoms with E-state index in [-0.39, 0.29) is 24.4 Å². The summed E-state index contributed by atoms with van der Waals surface area (Å²) in [4.78, 5) is 38.2. The number of rotatable bonds is 6. The number of amides is 2. The molecule has 1 N–H and O–H groups in total.